The van der Waals surface area contributed by atoms with Gasteiger partial charge in [-0.15, -0.1) is 0 Å². The molecule has 29 heavy (non-hydrogen) atoms. The summed E-state index contributed by atoms with van der Waals surface area (Å²) in [5, 5.41) is 3.68. The molecule has 0 heterocycles. The first-order valence-corrected chi connectivity index (χ1v) is 12.0. The fourth-order valence-corrected chi connectivity index (χ4v) is 7.86. The summed E-state index contributed by atoms with van der Waals surface area (Å²) >= 11 is 0. The van der Waals surface area contributed by atoms with E-state index in [-0.39, 0.29) is 22.8 Å². The van der Waals surface area contributed by atoms with E-state index < -0.39 is 7.26 Å². The number of rotatable bonds is 8. The lowest BCUT2D eigenvalue weighted by atomic mass is 10.1. The molecule has 3 aromatic rings. The number of benzene rings is 3. The monoisotopic (exact) mass is 470 g/mol. The minimum absolute atomic E-state index is 0. The molecule has 0 aliphatic carbocycles. The third-order valence-corrected chi connectivity index (χ3v) is 9.63. The number of hydrogen-bond acceptors (Lipinski definition) is 0. The van der Waals surface area contributed by atoms with Crippen molar-refractivity contribution in [3.05, 3.63) is 102 Å². The topological polar surface area (TPSA) is 0 Å². The van der Waals surface area contributed by atoms with Crippen LogP contribution in [0, 0.1) is 0 Å². The third-order valence-electron chi connectivity index (χ3n) is 5.34. The van der Waals surface area contributed by atoms with Gasteiger partial charge < -0.3 is 17.0 Å². The van der Waals surface area contributed by atoms with Gasteiger partial charge in [-0.3, -0.25) is 0 Å². The number of hydrogen-bond donors (Lipinski definition) is 0. The van der Waals surface area contributed by atoms with Crippen LogP contribution in [0.3, 0.4) is 0 Å². The number of allylic oxidation sites excluding steroid dienone is 2. The van der Waals surface area contributed by atoms with Gasteiger partial charge in [0.25, 0.3) is 0 Å². The Morgan fingerprint density at radius 3 is 1.45 bits per heavy atom. The zero-order valence-corrected chi connectivity index (χ0v) is 19.7. The minimum atomic E-state index is -2.13. The molecule has 0 atom stereocenters. The first-order chi connectivity index (χ1) is 13.7. The molecule has 0 aliphatic heterocycles. The van der Waals surface area contributed by atoms with Crippen LogP contribution in [0.4, 0.5) is 4.39 Å². The normalized spacial score (nSPS) is 12.1. The summed E-state index contributed by atoms with van der Waals surface area (Å²) in [5.41, 5.74) is 0.897. The molecule has 0 aromatic heterocycles. The van der Waals surface area contributed by atoms with E-state index in [1.54, 1.807) is 0 Å². The number of unbranched alkanes of at least 4 members (excludes halogenated alkanes) is 1. The first kappa shape index (κ1) is 23.5. The summed E-state index contributed by atoms with van der Waals surface area (Å²) in [4.78, 5) is 0. The standard InChI is InChI=1S/C26H29FP.BrH/c1-3-4-14-22(2)26(27)21-28(23-15-8-5-9-16-23,24-17-10-6-11-18-24)25-19-12-7-13-20-25;/h5-13,15-20H,3-4,14,21H2,1-2H3;1H/q+1;/p-1. The van der Waals surface area contributed by atoms with Gasteiger partial charge in [-0.1, -0.05) is 67.9 Å². The van der Waals surface area contributed by atoms with Crippen LogP contribution in [0.2, 0.25) is 0 Å². The molecule has 0 radical (unpaired) electrons. The van der Waals surface area contributed by atoms with Crippen molar-refractivity contribution in [2.45, 2.75) is 33.1 Å². The fraction of sp³-hybridized carbons (Fsp3) is 0.231. The van der Waals surface area contributed by atoms with Crippen molar-refractivity contribution in [1.29, 1.82) is 0 Å². The Bertz CT molecular complexity index is 795. The fourth-order valence-electron chi connectivity index (χ4n) is 3.69. The Balaban J connectivity index is 0.00000300. The molecule has 0 bridgehead atoms. The van der Waals surface area contributed by atoms with Crippen molar-refractivity contribution in [3.63, 3.8) is 0 Å². The predicted octanol–water partition coefficient (Wildman–Crippen LogP) is 3.42. The SMILES string of the molecule is CCCCC(C)=C(F)C[P+](c1ccccc1)(c1ccccc1)c1ccccc1.[Br-]. The molecule has 0 spiro atoms. The maximum atomic E-state index is 15.6. The van der Waals surface area contributed by atoms with E-state index in [9.17, 15) is 0 Å². The van der Waals surface area contributed by atoms with Crippen LogP contribution in [-0.2, 0) is 0 Å². The van der Waals surface area contributed by atoms with Crippen LogP contribution >= 0.6 is 7.26 Å². The van der Waals surface area contributed by atoms with Gasteiger partial charge in [0.05, 0.1) is 0 Å². The summed E-state index contributed by atoms with van der Waals surface area (Å²) in [6.07, 6.45) is 3.40. The Hall–Kier alpha value is -1.76. The summed E-state index contributed by atoms with van der Waals surface area (Å²) in [5.74, 6) is 0.0540. The summed E-state index contributed by atoms with van der Waals surface area (Å²) in [7, 11) is -2.13. The maximum Gasteiger partial charge on any atom is 0.137 e. The first-order valence-electron chi connectivity index (χ1n) is 10.1. The van der Waals surface area contributed by atoms with Crippen molar-refractivity contribution < 1.29 is 21.4 Å². The highest BCUT2D eigenvalue weighted by Crippen LogP contribution is 2.57. The van der Waals surface area contributed by atoms with Gasteiger partial charge in [-0.2, -0.15) is 0 Å². The molecule has 0 nitrogen and oxygen atoms in total. The highest BCUT2D eigenvalue weighted by atomic mass is 79.9. The van der Waals surface area contributed by atoms with Gasteiger partial charge in [0.2, 0.25) is 0 Å². The van der Waals surface area contributed by atoms with Crippen LogP contribution in [0.25, 0.3) is 0 Å². The molecule has 0 saturated heterocycles. The molecule has 0 amide bonds. The number of halogens is 2. The van der Waals surface area contributed by atoms with Gasteiger partial charge in [-0.25, -0.2) is 4.39 Å². The average Bonchev–Trinajstić information content (AvgIpc) is 2.77. The summed E-state index contributed by atoms with van der Waals surface area (Å²) < 4.78 is 15.6. The van der Waals surface area contributed by atoms with Crippen LogP contribution in [-0.4, -0.2) is 6.16 Å². The smallest absolute Gasteiger partial charge is 0.137 e. The predicted molar refractivity (Wildman–Crippen MR) is 123 cm³/mol. The zero-order chi connectivity index (χ0) is 19.8. The Labute approximate surface area is 186 Å². The van der Waals surface area contributed by atoms with E-state index in [0.717, 1.165) is 24.8 Å². The quantitative estimate of drug-likeness (QED) is 0.442. The molecule has 0 saturated carbocycles. The van der Waals surface area contributed by atoms with Gasteiger partial charge >= 0.3 is 0 Å². The van der Waals surface area contributed by atoms with Crippen molar-refractivity contribution in [1.82, 2.24) is 0 Å². The maximum absolute atomic E-state index is 15.6. The van der Waals surface area contributed by atoms with Crippen LogP contribution < -0.4 is 32.9 Å². The highest BCUT2D eigenvalue weighted by molar-refractivity contribution is 7.95. The molecule has 3 heteroatoms. The second-order valence-electron chi connectivity index (χ2n) is 7.26. The van der Waals surface area contributed by atoms with Crippen molar-refractivity contribution in [2.24, 2.45) is 0 Å². The third kappa shape index (κ3) is 5.44. The Morgan fingerprint density at radius 1 is 0.724 bits per heavy atom. The molecule has 0 N–H and O–H groups in total. The van der Waals surface area contributed by atoms with E-state index in [2.05, 4.69) is 79.7 Å². The molecule has 152 valence electrons. The van der Waals surface area contributed by atoms with E-state index in [4.69, 9.17) is 0 Å². The zero-order valence-electron chi connectivity index (χ0n) is 17.2. The molecule has 3 rings (SSSR count). The van der Waals surface area contributed by atoms with Crippen molar-refractivity contribution in [3.8, 4) is 0 Å². The largest absolute Gasteiger partial charge is 1.00 e. The molecule has 3 aromatic carbocycles. The summed E-state index contributed by atoms with van der Waals surface area (Å²) in [6.45, 7) is 4.11. The minimum Gasteiger partial charge on any atom is -1.00 e. The van der Waals surface area contributed by atoms with Crippen molar-refractivity contribution in [2.75, 3.05) is 6.16 Å². The average molecular weight is 471 g/mol. The highest BCUT2D eigenvalue weighted by Gasteiger charge is 2.46. The van der Waals surface area contributed by atoms with Crippen LogP contribution in [0.15, 0.2) is 102 Å². The second-order valence-corrected chi connectivity index (χ2v) is 10.7. The van der Waals surface area contributed by atoms with E-state index in [0.29, 0.717) is 6.16 Å². The lowest BCUT2D eigenvalue weighted by Gasteiger charge is -2.27. The Morgan fingerprint density at radius 2 is 1.10 bits per heavy atom. The summed E-state index contributed by atoms with van der Waals surface area (Å²) in [6, 6.07) is 31.5. The molecule has 0 aliphatic rings. The van der Waals surface area contributed by atoms with E-state index in [1.165, 1.54) is 15.9 Å². The van der Waals surface area contributed by atoms with Gasteiger partial charge in [0.1, 0.15) is 35.2 Å². The van der Waals surface area contributed by atoms with Gasteiger partial charge in [0, 0.05) is 0 Å². The molecule has 0 unspecified atom stereocenters. The van der Waals surface area contributed by atoms with Crippen molar-refractivity contribution >= 4 is 23.2 Å². The molecular weight excluding hydrogens is 442 g/mol. The van der Waals surface area contributed by atoms with Crippen LogP contribution in [0.5, 0.6) is 0 Å². The molecular formula is C26H29BrFP. The second kappa shape index (κ2) is 11.4. The molecule has 0 fully saturated rings. The van der Waals surface area contributed by atoms with Gasteiger partial charge in [0.15, 0.2) is 0 Å². The van der Waals surface area contributed by atoms with Gasteiger partial charge in [-0.05, 0) is 61.7 Å². The lowest BCUT2D eigenvalue weighted by Crippen LogP contribution is -3.00. The van der Waals surface area contributed by atoms with E-state index in [1.807, 2.05) is 25.1 Å². The van der Waals surface area contributed by atoms with E-state index >= 15 is 4.39 Å². The lowest BCUT2D eigenvalue weighted by molar-refractivity contribution is -0.00000629. The van der Waals surface area contributed by atoms with Crippen LogP contribution in [0.1, 0.15) is 33.1 Å². The Kier molecular flexibility index (Phi) is 9.27.